The summed E-state index contributed by atoms with van der Waals surface area (Å²) in [6.07, 6.45) is 6.43. The van der Waals surface area contributed by atoms with Gasteiger partial charge in [0.1, 0.15) is 5.76 Å². The molecule has 0 spiro atoms. The van der Waals surface area contributed by atoms with Crippen LogP contribution in [0.3, 0.4) is 0 Å². The number of aliphatic hydroxyl groups is 1. The predicted octanol–water partition coefficient (Wildman–Crippen LogP) is 5.26. The van der Waals surface area contributed by atoms with Crippen molar-refractivity contribution in [3.63, 3.8) is 0 Å². The smallest absolute Gasteiger partial charge is 0.230 e. The lowest BCUT2D eigenvalue weighted by Gasteiger charge is -2.17. The van der Waals surface area contributed by atoms with Gasteiger partial charge in [-0.05, 0) is 70.4 Å². The van der Waals surface area contributed by atoms with Gasteiger partial charge in [-0.3, -0.25) is 9.48 Å². The summed E-state index contributed by atoms with van der Waals surface area (Å²) in [5.74, 6) is 3.14. The maximum atomic E-state index is 10.5. The van der Waals surface area contributed by atoms with E-state index in [-0.39, 0.29) is 0 Å². The van der Waals surface area contributed by atoms with Crippen LogP contribution in [0.2, 0.25) is 0 Å². The zero-order valence-corrected chi connectivity index (χ0v) is 21.8. The van der Waals surface area contributed by atoms with Crippen molar-refractivity contribution in [3.8, 4) is 22.8 Å². The third kappa shape index (κ3) is 5.81. The number of nitrogens with zero attached hydrogens (tertiary/aromatic N) is 5. The number of oxazole rings is 1. The number of fused-ring (bicyclic) bond motifs is 1. The molecule has 38 heavy (non-hydrogen) atoms. The number of carbonyl (C=O) groups excluding carboxylic acids is 1. The van der Waals surface area contributed by atoms with E-state index in [2.05, 4.69) is 25.5 Å². The molecule has 10 heteroatoms. The second-order valence-corrected chi connectivity index (χ2v) is 10.2. The van der Waals surface area contributed by atoms with Gasteiger partial charge in [0.15, 0.2) is 0 Å². The molecule has 2 aromatic carbocycles. The molecule has 0 aliphatic heterocycles. The summed E-state index contributed by atoms with van der Waals surface area (Å²) in [5, 5.41) is 21.9. The van der Waals surface area contributed by atoms with Crippen molar-refractivity contribution in [1.29, 1.82) is 0 Å². The van der Waals surface area contributed by atoms with Crippen molar-refractivity contribution < 1.29 is 18.8 Å². The summed E-state index contributed by atoms with van der Waals surface area (Å²) in [7, 11) is 0. The highest BCUT2D eigenvalue weighted by molar-refractivity contribution is 5.83. The minimum absolute atomic E-state index is 0.448. The minimum atomic E-state index is -0.794. The van der Waals surface area contributed by atoms with Gasteiger partial charge < -0.3 is 19.4 Å². The number of aryl methyl sites for hydroxylation is 2. The van der Waals surface area contributed by atoms with Crippen molar-refractivity contribution in [1.82, 2.24) is 24.9 Å². The predicted molar refractivity (Wildman–Crippen MR) is 142 cm³/mol. The quantitative estimate of drug-likeness (QED) is 0.281. The Hall–Kier alpha value is -4.31. The molecule has 0 saturated heterocycles. The minimum Gasteiger partial charge on any atom is -0.441 e. The standard InChI is InChI=1S/C15H17N3O2.C13H13N3O2/c1-10-7-16-14(20-10)11-4-5-13-12(6-11)8-17-18(13)9-15(2,3)19;1-8-2-3-10(6-11(8)14-7-17)12-15-13(18-16-12)9-4-5-9/h4-8,19H,9H2,1-3H3;2-3,6-7,9H,4-5H2,1H3,(H,14,17). The molecule has 2 N–H and O–H groups in total. The fraction of sp³-hybridized carbons (Fsp3) is 0.321. The Balaban J connectivity index is 0.000000156. The molecule has 0 bridgehead atoms. The normalized spacial score (nSPS) is 13.3. The summed E-state index contributed by atoms with van der Waals surface area (Å²) in [5.41, 5.74) is 3.72. The van der Waals surface area contributed by atoms with Crippen LogP contribution in [0.15, 0.2) is 57.7 Å². The zero-order chi connectivity index (χ0) is 26.9. The van der Waals surface area contributed by atoms with E-state index < -0.39 is 5.60 Å². The summed E-state index contributed by atoms with van der Waals surface area (Å²) in [4.78, 5) is 19.1. The summed E-state index contributed by atoms with van der Waals surface area (Å²) in [6, 6.07) is 11.6. The molecule has 1 amide bonds. The molecule has 0 radical (unpaired) electrons. The Bertz CT molecular complexity index is 1570. The third-order valence-electron chi connectivity index (χ3n) is 6.13. The fourth-order valence-electron chi connectivity index (χ4n) is 4.03. The number of carbonyl (C=O) groups is 1. The first kappa shape index (κ1) is 25.3. The topological polar surface area (TPSA) is 132 Å². The first-order chi connectivity index (χ1) is 18.2. The van der Waals surface area contributed by atoms with Crippen molar-refractivity contribution in [2.24, 2.45) is 0 Å². The van der Waals surface area contributed by atoms with E-state index in [1.807, 2.05) is 50.2 Å². The van der Waals surface area contributed by atoms with Gasteiger partial charge in [-0.25, -0.2) is 4.98 Å². The maximum absolute atomic E-state index is 10.5. The summed E-state index contributed by atoms with van der Waals surface area (Å²) in [6.45, 7) is 7.79. The second-order valence-electron chi connectivity index (χ2n) is 10.2. The Morgan fingerprint density at radius 1 is 1.13 bits per heavy atom. The zero-order valence-electron chi connectivity index (χ0n) is 21.8. The number of benzene rings is 2. The van der Waals surface area contributed by atoms with Crippen LogP contribution < -0.4 is 5.32 Å². The van der Waals surface area contributed by atoms with Gasteiger partial charge in [-0.15, -0.1) is 0 Å². The SMILES string of the molecule is Cc1ccc(-c2noc(C3CC3)n2)cc1NC=O.Cc1cnc(-c2ccc3c(cnn3CC(C)(C)O)c2)o1. The van der Waals surface area contributed by atoms with E-state index in [1.54, 1.807) is 30.9 Å². The van der Waals surface area contributed by atoms with E-state index in [0.29, 0.717) is 30.6 Å². The lowest BCUT2D eigenvalue weighted by atomic mass is 10.1. The number of rotatable bonds is 7. The molecule has 1 fully saturated rings. The molecule has 3 aromatic heterocycles. The lowest BCUT2D eigenvalue weighted by Crippen LogP contribution is -2.26. The molecule has 1 aliphatic rings. The largest absolute Gasteiger partial charge is 0.441 e. The molecule has 1 saturated carbocycles. The Morgan fingerprint density at radius 3 is 2.61 bits per heavy atom. The Kier molecular flexibility index (Phi) is 6.81. The molecule has 196 valence electrons. The van der Waals surface area contributed by atoms with Gasteiger partial charge >= 0.3 is 0 Å². The molecular weight excluding hydrogens is 484 g/mol. The van der Waals surface area contributed by atoms with Gasteiger partial charge in [-0.2, -0.15) is 10.1 Å². The average molecular weight is 515 g/mol. The molecule has 0 unspecified atom stereocenters. The second kappa shape index (κ2) is 10.2. The Morgan fingerprint density at radius 2 is 1.92 bits per heavy atom. The molecule has 0 atom stereocenters. The third-order valence-corrected chi connectivity index (χ3v) is 6.13. The van der Waals surface area contributed by atoms with Gasteiger partial charge in [0.05, 0.1) is 30.1 Å². The van der Waals surface area contributed by atoms with Crippen LogP contribution in [0.25, 0.3) is 33.7 Å². The molecule has 3 heterocycles. The van der Waals surface area contributed by atoms with E-state index in [9.17, 15) is 9.90 Å². The van der Waals surface area contributed by atoms with Crippen LogP contribution in [0, 0.1) is 13.8 Å². The van der Waals surface area contributed by atoms with Crippen LogP contribution in [-0.2, 0) is 11.3 Å². The van der Waals surface area contributed by atoms with Gasteiger partial charge in [0.25, 0.3) is 0 Å². The maximum Gasteiger partial charge on any atom is 0.230 e. The first-order valence-electron chi connectivity index (χ1n) is 12.5. The van der Waals surface area contributed by atoms with Gasteiger partial charge in [-0.1, -0.05) is 17.3 Å². The number of anilines is 1. The Labute approximate surface area is 219 Å². The number of aromatic nitrogens is 5. The van der Waals surface area contributed by atoms with Crippen LogP contribution in [0.5, 0.6) is 0 Å². The summed E-state index contributed by atoms with van der Waals surface area (Å²) < 4.78 is 12.6. The van der Waals surface area contributed by atoms with Crippen LogP contribution in [0.1, 0.15) is 49.8 Å². The lowest BCUT2D eigenvalue weighted by molar-refractivity contribution is -0.105. The molecule has 6 rings (SSSR count). The average Bonchev–Trinajstić information content (AvgIpc) is 3.25. The van der Waals surface area contributed by atoms with Crippen LogP contribution >= 0.6 is 0 Å². The molecule has 1 aliphatic carbocycles. The van der Waals surface area contributed by atoms with Crippen LogP contribution in [-0.4, -0.2) is 42.0 Å². The van der Waals surface area contributed by atoms with E-state index in [1.165, 1.54) is 0 Å². The van der Waals surface area contributed by atoms with E-state index in [0.717, 1.165) is 57.8 Å². The van der Waals surface area contributed by atoms with Crippen molar-refractivity contribution >= 4 is 23.0 Å². The number of hydrogen-bond donors (Lipinski definition) is 2. The van der Waals surface area contributed by atoms with E-state index >= 15 is 0 Å². The fourth-order valence-corrected chi connectivity index (χ4v) is 4.03. The van der Waals surface area contributed by atoms with E-state index in [4.69, 9.17) is 8.94 Å². The van der Waals surface area contributed by atoms with Gasteiger partial charge in [0, 0.05) is 28.1 Å². The number of nitrogens with one attached hydrogen (secondary N) is 1. The van der Waals surface area contributed by atoms with Crippen molar-refractivity contribution in [2.45, 2.75) is 58.6 Å². The molecule has 5 aromatic rings. The number of amides is 1. The van der Waals surface area contributed by atoms with Gasteiger partial charge in [0.2, 0.25) is 24.0 Å². The highest BCUT2D eigenvalue weighted by Crippen LogP contribution is 2.39. The molecular formula is C28H30N6O4. The van der Waals surface area contributed by atoms with Crippen LogP contribution in [0.4, 0.5) is 5.69 Å². The first-order valence-corrected chi connectivity index (χ1v) is 12.5. The highest BCUT2D eigenvalue weighted by Gasteiger charge is 2.29. The highest BCUT2D eigenvalue weighted by atomic mass is 16.5. The number of hydrogen-bond acceptors (Lipinski definition) is 8. The van der Waals surface area contributed by atoms with Crippen molar-refractivity contribution in [2.75, 3.05) is 5.32 Å². The molecule has 10 nitrogen and oxygen atoms in total. The monoisotopic (exact) mass is 514 g/mol. The summed E-state index contributed by atoms with van der Waals surface area (Å²) >= 11 is 0. The van der Waals surface area contributed by atoms with Crippen molar-refractivity contribution in [3.05, 3.63) is 66.0 Å².